The van der Waals surface area contributed by atoms with Crippen LogP contribution >= 0.6 is 11.6 Å². The molecule has 12 heteroatoms. The monoisotopic (exact) mass is 518 g/mol. The van der Waals surface area contributed by atoms with Crippen LogP contribution in [0.15, 0.2) is 52.3 Å². The zero-order chi connectivity index (χ0) is 25.5. The van der Waals surface area contributed by atoms with Crippen LogP contribution in [0.2, 0.25) is 5.02 Å². The van der Waals surface area contributed by atoms with Gasteiger partial charge >= 0.3 is 0 Å². The number of nitrogens with zero attached hydrogens (tertiary/aromatic N) is 3. The summed E-state index contributed by atoms with van der Waals surface area (Å²) in [5.41, 5.74) is -1.28. The molecule has 0 saturated carbocycles. The number of carbonyl (C=O) groups is 2. The molecule has 35 heavy (non-hydrogen) atoms. The standard InChI is InChI=1S/C23H23ClN4O6S/c1-23(32)12-27(13-23)19(29)11-28-20-15(5-8-18(26-20)35(2,33)34)9-17(22(28)31)21(30)25-10-14-3-6-16(24)7-4-14/h3-9,32H,10-13H2,1-2H3,(H,25,30). The van der Waals surface area contributed by atoms with Crippen molar-refractivity contribution in [1.82, 2.24) is 19.8 Å². The summed E-state index contributed by atoms with van der Waals surface area (Å²) in [7, 11) is -3.69. The first-order valence-corrected chi connectivity index (χ1v) is 12.9. The number of fused-ring (bicyclic) bond motifs is 1. The molecule has 0 bridgehead atoms. The molecule has 0 radical (unpaired) electrons. The highest BCUT2D eigenvalue weighted by Gasteiger charge is 2.39. The first-order valence-electron chi connectivity index (χ1n) is 10.6. The van der Waals surface area contributed by atoms with Gasteiger partial charge in [-0.2, -0.15) is 0 Å². The number of amides is 2. The molecule has 10 nitrogen and oxygen atoms in total. The summed E-state index contributed by atoms with van der Waals surface area (Å²) in [4.78, 5) is 44.5. The Bertz CT molecular complexity index is 1490. The van der Waals surface area contributed by atoms with E-state index in [1.54, 1.807) is 31.2 Å². The highest BCUT2D eigenvalue weighted by Crippen LogP contribution is 2.21. The summed E-state index contributed by atoms with van der Waals surface area (Å²) < 4.78 is 25.0. The van der Waals surface area contributed by atoms with Crippen molar-refractivity contribution in [2.24, 2.45) is 0 Å². The van der Waals surface area contributed by atoms with Gasteiger partial charge in [0.2, 0.25) is 5.91 Å². The van der Waals surface area contributed by atoms with Crippen molar-refractivity contribution in [1.29, 1.82) is 0 Å². The van der Waals surface area contributed by atoms with Crippen molar-refractivity contribution >= 4 is 44.3 Å². The van der Waals surface area contributed by atoms with Gasteiger partial charge in [0.1, 0.15) is 17.8 Å². The number of aromatic nitrogens is 2. The van der Waals surface area contributed by atoms with E-state index < -0.39 is 39.4 Å². The van der Waals surface area contributed by atoms with Crippen LogP contribution in [0.5, 0.6) is 0 Å². The van der Waals surface area contributed by atoms with Gasteiger partial charge in [0.05, 0.1) is 18.7 Å². The van der Waals surface area contributed by atoms with Crippen LogP contribution in [0.4, 0.5) is 0 Å². The van der Waals surface area contributed by atoms with E-state index in [1.165, 1.54) is 23.1 Å². The van der Waals surface area contributed by atoms with Gasteiger partial charge in [-0.25, -0.2) is 13.4 Å². The Kier molecular flexibility index (Phi) is 6.43. The van der Waals surface area contributed by atoms with E-state index in [0.29, 0.717) is 10.4 Å². The number of halogens is 1. The molecule has 3 aromatic rings. The highest BCUT2D eigenvalue weighted by atomic mass is 35.5. The fourth-order valence-electron chi connectivity index (χ4n) is 3.81. The van der Waals surface area contributed by atoms with Gasteiger partial charge in [-0.3, -0.25) is 19.0 Å². The van der Waals surface area contributed by atoms with Gasteiger partial charge in [-0.15, -0.1) is 0 Å². The topological polar surface area (TPSA) is 139 Å². The fourth-order valence-corrected chi connectivity index (χ4v) is 4.51. The summed E-state index contributed by atoms with van der Waals surface area (Å²) >= 11 is 5.88. The third-order valence-electron chi connectivity index (χ3n) is 5.61. The summed E-state index contributed by atoms with van der Waals surface area (Å²) in [5, 5.41) is 13.2. The second-order valence-electron chi connectivity index (χ2n) is 8.84. The van der Waals surface area contributed by atoms with Gasteiger partial charge in [-0.1, -0.05) is 23.7 Å². The fraction of sp³-hybridized carbons (Fsp3) is 0.304. The average Bonchev–Trinajstić information content (AvgIpc) is 2.77. The first kappa shape index (κ1) is 24.8. The van der Waals surface area contributed by atoms with E-state index in [1.807, 2.05) is 0 Å². The second-order valence-corrected chi connectivity index (χ2v) is 11.2. The van der Waals surface area contributed by atoms with E-state index in [4.69, 9.17) is 11.6 Å². The van der Waals surface area contributed by atoms with Gasteiger partial charge in [0.25, 0.3) is 11.5 Å². The number of rotatable bonds is 6. The lowest BCUT2D eigenvalue weighted by atomic mass is 9.97. The molecular weight excluding hydrogens is 496 g/mol. The maximum atomic E-state index is 13.3. The molecule has 4 rings (SSSR count). The molecule has 184 valence electrons. The molecule has 1 aliphatic rings. The van der Waals surface area contributed by atoms with Gasteiger partial charge in [-0.05, 0) is 42.8 Å². The van der Waals surface area contributed by atoms with Crippen molar-refractivity contribution in [3.8, 4) is 0 Å². The highest BCUT2D eigenvalue weighted by molar-refractivity contribution is 7.90. The van der Waals surface area contributed by atoms with Crippen molar-refractivity contribution in [2.75, 3.05) is 19.3 Å². The first-order chi connectivity index (χ1) is 16.3. The lowest BCUT2D eigenvalue weighted by Crippen LogP contribution is -2.62. The van der Waals surface area contributed by atoms with E-state index in [9.17, 15) is 27.9 Å². The zero-order valence-corrected chi connectivity index (χ0v) is 20.6. The van der Waals surface area contributed by atoms with Crippen LogP contribution in [0.1, 0.15) is 22.8 Å². The van der Waals surface area contributed by atoms with Crippen LogP contribution in [0.3, 0.4) is 0 Å². The van der Waals surface area contributed by atoms with E-state index in [2.05, 4.69) is 10.3 Å². The van der Waals surface area contributed by atoms with Gasteiger partial charge < -0.3 is 15.3 Å². The van der Waals surface area contributed by atoms with E-state index >= 15 is 0 Å². The minimum Gasteiger partial charge on any atom is -0.386 e. The Morgan fingerprint density at radius 1 is 1.17 bits per heavy atom. The van der Waals surface area contributed by atoms with Crippen LogP contribution in [-0.2, 0) is 27.7 Å². The van der Waals surface area contributed by atoms with Gasteiger partial charge in [0.15, 0.2) is 14.9 Å². The Balaban J connectivity index is 1.72. The average molecular weight is 519 g/mol. The van der Waals surface area contributed by atoms with Crippen LogP contribution in [-0.4, -0.2) is 64.7 Å². The molecule has 1 saturated heterocycles. The third kappa shape index (κ3) is 5.37. The Morgan fingerprint density at radius 3 is 2.43 bits per heavy atom. The second kappa shape index (κ2) is 9.06. The van der Waals surface area contributed by atoms with E-state index in [-0.39, 0.29) is 35.9 Å². The van der Waals surface area contributed by atoms with Crippen LogP contribution in [0, 0.1) is 0 Å². The number of sulfone groups is 1. The predicted molar refractivity (Wildman–Crippen MR) is 129 cm³/mol. The molecule has 0 atom stereocenters. The zero-order valence-electron chi connectivity index (χ0n) is 19.0. The van der Waals surface area contributed by atoms with Crippen LogP contribution < -0.4 is 10.9 Å². The number of aliphatic hydroxyl groups is 1. The molecule has 0 unspecified atom stereocenters. The number of pyridine rings is 2. The maximum Gasteiger partial charge on any atom is 0.265 e. The number of β-amino-alcohol motifs (C(OH)–C–C–N with tert-alkyl or cyclic N) is 1. The predicted octanol–water partition coefficient (Wildman–Crippen LogP) is 0.977. The maximum absolute atomic E-state index is 13.3. The largest absolute Gasteiger partial charge is 0.386 e. The van der Waals surface area contributed by atoms with Gasteiger partial charge in [0, 0.05) is 23.2 Å². The lowest BCUT2D eigenvalue weighted by molar-refractivity contribution is -0.152. The number of carbonyl (C=O) groups excluding carboxylic acids is 2. The molecule has 0 spiro atoms. The summed E-state index contributed by atoms with van der Waals surface area (Å²) in [6, 6.07) is 10.9. The number of nitrogens with one attached hydrogen (secondary N) is 1. The van der Waals surface area contributed by atoms with Crippen molar-refractivity contribution in [3.63, 3.8) is 0 Å². The van der Waals surface area contributed by atoms with Crippen molar-refractivity contribution < 1.29 is 23.1 Å². The normalized spacial score (nSPS) is 15.0. The minimum absolute atomic E-state index is 0.0344. The smallest absolute Gasteiger partial charge is 0.265 e. The SMILES string of the molecule is CC1(O)CN(C(=O)Cn2c(=O)c(C(=O)NCc3ccc(Cl)cc3)cc3ccc(S(C)(=O)=O)nc32)C1. The number of benzene rings is 1. The molecular formula is C23H23ClN4O6S. The molecule has 3 heterocycles. The van der Waals surface area contributed by atoms with Crippen molar-refractivity contribution in [3.05, 3.63) is 69.0 Å². The molecule has 2 aromatic heterocycles. The quantitative estimate of drug-likeness (QED) is 0.496. The van der Waals surface area contributed by atoms with Crippen molar-refractivity contribution in [2.45, 2.75) is 30.6 Å². The molecule has 1 fully saturated rings. The number of likely N-dealkylation sites (tertiary alicyclic amines) is 1. The Morgan fingerprint density at radius 2 is 1.83 bits per heavy atom. The number of hydrogen-bond donors (Lipinski definition) is 2. The summed E-state index contributed by atoms with van der Waals surface area (Å²) in [5.74, 6) is -1.13. The minimum atomic E-state index is -3.69. The Labute approximate surface area is 206 Å². The Hall–Kier alpha value is -3.28. The lowest BCUT2D eigenvalue weighted by Gasteiger charge is -2.44. The molecule has 1 aromatic carbocycles. The molecule has 0 aliphatic carbocycles. The van der Waals surface area contributed by atoms with Crippen LogP contribution in [0.25, 0.3) is 11.0 Å². The van der Waals surface area contributed by atoms with E-state index in [0.717, 1.165) is 16.4 Å². The molecule has 2 N–H and O–H groups in total. The number of hydrogen-bond acceptors (Lipinski definition) is 7. The molecule has 1 aliphatic heterocycles. The third-order valence-corrected chi connectivity index (χ3v) is 6.85. The summed E-state index contributed by atoms with van der Waals surface area (Å²) in [6.07, 6.45) is 0.982. The molecule has 2 amide bonds. The summed E-state index contributed by atoms with van der Waals surface area (Å²) in [6.45, 7) is 1.46.